The highest BCUT2D eigenvalue weighted by molar-refractivity contribution is 6.33. The molecule has 2 aromatic carbocycles. The van der Waals surface area contributed by atoms with Crippen LogP contribution in [0.15, 0.2) is 60.9 Å². The Bertz CT molecular complexity index is 1110. The lowest BCUT2D eigenvalue weighted by atomic mass is 9.97. The zero-order valence-corrected chi connectivity index (χ0v) is 17.7. The van der Waals surface area contributed by atoms with Crippen molar-refractivity contribution in [1.82, 2.24) is 9.97 Å². The van der Waals surface area contributed by atoms with Crippen LogP contribution >= 0.6 is 11.6 Å². The summed E-state index contributed by atoms with van der Waals surface area (Å²) in [6, 6.07) is 14.5. The predicted octanol–water partition coefficient (Wildman–Crippen LogP) is 5.67. The van der Waals surface area contributed by atoms with Crippen molar-refractivity contribution < 1.29 is 18.0 Å². The average Bonchev–Trinajstić information content (AvgIpc) is 2.80. The van der Waals surface area contributed by atoms with Crippen molar-refractivity contribution in [2.24, 2.45) is 5.92 Å². The molecule has 2 heterocycles. The molecule has 4 rings (SSSR count). The van der Waals surface area contributed by atoms with Gasteiger partial charge < -0.3 is 10.2 Å². The number of nitrogens with zero attached hydrogens (tertiary/aromatic N) is 3. The van der Waals surface area contributed by atoms with Gasteiger partial charge in [-0.1, -0.05) is 41.9 Å². The molecule has 1 saturated heterocycles. The minimum atomic E-state index is -4.52. The number of carbonyl (C=O) groups excluding carboxylic acids is 1. The lowest BCUT2D eigenvalue weighted by Crippen LogP contribution is -2.41. The first-order valence-electron chi connectivity index (χ1n) is 10.1. The van der Waals surface area contributed by atoms with Crippen LogP contribution in [0.2, 0.25) is 5.02 Å². The maximum Gasteiger partial charge on any atom is 0.416 e. The number of amides is 1. The highest BCUT2D eigenvalue weighted by Crippen LogP contribution is 2.34. The highest BCUT2D eigenvalue weighted by Gasteiger charge is 2.32. The lowest BCUT2D eigenvalue weighted by Gasteiger charge is -2.33. The van der Waals surface area contributed by atoms with E-state index >= 15 is 0 Å². The molecule has 1 aromatic heterocycles. The average molecular weight is 461 g/mol. The van der Waals surface area contributed by atoms with Crippen LogP contribution in [0.25, 0.3) is 11.3 Å². The van der Waals surface area contributed by atoms with E-state index in [1.54, 1.807) is 0 Å². The van der Waals surface area contributed by atoms with E-state index in [0.717, 1.165) is 42.4 Å². The second-order valence-corrected chi connectivity index (χ2v) is 8.00. The molecule has 0 spiro atoms. The van der Waals surface area contributed by atoms with Gasteiger partial charge in [-0.3, -0.25) is 4.79 Å². The van der Waals surface area contributed by atoms with Crippen molar-refractivity contribution >= 4 is 29.0 Å². The number of benzene rings is 2. The fourth-order valence-electron chi connectivity index (χ4n) is 3.72. The van der Waals surface area contributed by atoms with E-state index in [1.165, 1.54) is 6.33 Å². The summed E-state index contributed by atoms with van der Waals surface area (Å²) in [7, 11) is 0. The summed E-state index contributed by atoms with van der Waals surface area (Å²) in [4.78, 5) is 23.5. The molecule has 1 amide bonds. The third-order valence-corrected chi connectivity index (χ3v) is 5.72. The van der Waals surface area contributed by atoms with Crippen molar-refractivity contribution in [2.45, 2.75) is 19.0 Å². The third kappa shape index (κ3) is 5.02. The Kier molecular flexibility index (Phi) is 6.32. The predicted molar refractivity (Wildman–Crippen MR) is 117 cm³/mol. The van der Waals surface area contributed by atoms with E-state index in [2.05, 4.69) is 15.3 Å². The van der Waals surface area contributed by atoms with Gasteiger partial charge in [-0.2, -0.15) is 13.2 Å². The van der Waals surface area contributed by atoms with Gasteiger partial charge in [0, 0.05) is 24.7 Å². The number of alkyl halides is 3. The van der Waals surface area contributed by atoms with Crippen LogP contribution in [-0.2, 0) is 11.0 Å². The summed E-state index contributed by atoms with van der Waals surface area (Å²) in [6.45, 7) is 1.12. The summed E-state index contributed by atoms with van der Waals surface area (Å²) in [5.41, 5.74) is 0.827. The Morgan fingerprint density at radius 2 is 1.88 bits per heavy atom. The molecule has 0 saturated carbocycles. The Labute approximate surface area is 188 Å². The first-order valence-corrected chi connectivity index (χ1v) is 10.5. The maximum absolute atomic E-state index is 13.0. The van der Waals surface area contributed by atoms with Crippen molar-refractivity contribution in [1.29, 1.82) is 0 Å². The number of hydrogen-bond donors (Lipinski definition) is 1. The molecular formula is C23H20ClF3N4O. The molecule has 5 nitrogen and oxygen atoms in total. The van der Waals surface area contributed by atoms with Gasteiger partial charge in [0.15, 0.2) is 0 Å². The SMILES string of the molecule is O=C(Nc1cc(C(F)(F)F)ccc1Cl)C1CCCN(c2cc(-c3ccccc3)ncn2)C1. The monoisotopic (exact) mass is 460 g/mol. The molecule has 0 aliphatic carbocycles. The van der Waals surface area contributed by atoms with Gasteiger partial charge in [0.2, 0.25) is 5.91 Å². The van der Waals surface area contributed by atoms with Gasteiger partial charge in [0.25, 0.3) is 0 Å². The molecule has 1 aliphatic rings. The van der Waals surface area contributed by atoms with Gasteiger partial charge in [-0.05, 0) is 31.0 Å². The fraction of sp³-hybridized carbons (Fsp3) is 0.261. The van der Waals surface area contributed by atoms with Crippen molar-refractivity contribution in [2.75, 3.05) is 23.3 Å². The number of aromatic nitrogens is 2. The summed E-state index contributed by atoms with van der Waals surface area (Å²) in [5.74, 6) is -0.0776. The summed E-state index contributed by atoms with van der Waals surface area (Å²) in [5, 5.41) is 2.63. The van der Waals surface area contributed by atoms with E-state index in [4.69, 9.17) is 11.6 Å². The minimum absolute atomic E-state index is 0.0444. The molecule has 32 heavy (non-hydrogen) atoms. The van der Waals surface area contributed by atoms with Gasteiger partial charge in [0.1, 0.15) is 12.1 Å². The van der Waals surface area contributed by atoms with E-state index in [1.807, 2.05) is 41.3 Å². The summed E-state index contributed by atoms with van der Waals surface area (Å²) < 4.78 is 39.0. The molecule has 1 aliphatic heterocycles. The minimum Gasteiger partial charge on any atom is -0.356 e. The van der Waals surface area contributed by atoms with Crippen LogP contribution < -0.4 is 10.2 Å². The first kappa shape index (κ1) is 22.1. The van der Waals surface area contributed by atoms with Crippen LogP contribution in [0.3, 0.4) is 0 Å². The Hall–Kier alpha value is -3.13. The van der Waals surface area contributed by atoms with Crippen LogP contribution in [0, 0.1) is 5.92 Å². The number of anilines is 2. The number of hydrogen-bond acceptors (Lipinski definition) is 4. The number of rotatable bonds is 4. The molecule has 1 fully saturated rings. The first-order chi connectivity index (χ1) is 15.3. The van der Waals surface area contributed by atoms with Gasteiger partial charge in [0.05, 0.1) is 27.9 Å². The molecule has 0 radical (unpaired) electrons. The maximum atomic E-state index is 13.0. The second kappa shape index (κ2) is 9.16. The number of carbonyl (C=O) groups is 1. The zero-order chi connectivity index (χ0) is 22.7. The zero-order valence-electron chi connectivity index (χ0n) is 16.9. The second-order valence-electron chi connectivity index (χ2n) is 7.59. The van der Waals surface area contributed by atoms with Crippen LogP contribution in [0.1, 0.15) is 18.4 Å². The number of nitrogens with one attached hydrogen (secondary N) is 1. The molecule has 9 heteroatoms. The van der Waals surface area contributed by atoms with Gasteiger partial charge >= 0.3 is 6.18 Å². The topological polar surface area (TPSA) is 58.1 Å². The largest absolute Gasteiger partial charge is 0.416 e. The summed E-state index contributed by atoms with van der Waals surface area (Å²) >= 11 is 6.02. The summed E-state index contributed by atoms with van der Waals surface area (Å²) in [6.07, 6.45) is -1.66. The number of piperidine rings is 1. The van der Waals surface area contributed by atoms with Crippen molar-refractivity contribution in [3.63, 3.8) is 0 Å². The smallest absolute Gasteiger partial charge is 0.356 e. The Morgan fingerprint density at radius 1 is 1.09 bits per heavy atom. The van der Waals surface area contributed by atoms with Crippen molar-refractivity contribution in [3.05, 3.63) is 71.5 Å². The van der Waals surface area contributed by atoms with Gasteiger partial charge in [-0.25, -0.2) is 9.97 Å². The van der Waals surface area contributed by atoms with E-state index < -0.39 is 17.7 Å². The standard InChI is InChI=1S/C23H20ClF3N4O/c24-18-9-8-17(23(25,26)27)11-20(18)30-22(32)16-7-4-10-31(13-16)21-12-19(28-14-29-21)15-5-2-1-3-6-15/h1-3,5-6,8-9,11-12,14,16H,4,7,10,13H2,(H,30,32). The highest BCUT2D eigenvalue weighted by atomic mass is 35.5. The fourth-order valence-corrected chi connectivity index (χ4v) is 3.88. The van der Waals surface area contributed by atoms with Crippen LogP contribution in [0.5, 0.6) is 0 Å². The molecule has 0 bridgehead atoms. The van der Waals surface area contributed by atoms with Crippen LogP contribution in [0.4, 0.5) is 24.7 Å². The molecule has 1 N–H and O–H groups in total. The lowest BCUT2D eigenvalue weighted by molar-refractivity contribution is -0.137. The van der Waals surface area contributed by atoms with Crippen LogP contribution in [-0.4, -0.2) is 29.0 Å². The molecule has 3 aromatic rings. The Morgan fingerprint density at radius 3 is 2.62 bits per heavy atom. The van der Waals surface area contributed by atoms with Crippen molar-refractivity contribution in [3.8, 4) is 11.3 Å². The molecular weight excluding hydrogens is 441 g/mol. The van der Waals surface area contributed by atoms with E-state index in [-0.39, 0.29) is 16.6 Å². The third-order valence-electron chi connectivity index (χ3n) is 5.39. The van der Waals surface area contributed by atoms with E-state index in [9.17, 15) is 18.0 Å². The normalized spacial score (nSPS) is 16.6. The van der Waals surface area contributed by atoms with Gasteiger partial charge in [-0.15, -0.1) is 0 Å². The Balaban J connectivity index is 1.49. The number of halogens is 4. The molecule has 1 unspecified atom stereocenters. The quantitative estimate of drug-likeness (QED) is 0.545. The molecule has 166 valence electrons. The van der Waals surface area contributed by atoms with E-state index in [0.29, 0.717) is 18.8 Å². The molecule has 1 atom stereocenters.